The number of nitrogens with one attached hydrogen (secondary N) is 1. The smallest absolute Gasteiger partial charge is 0.332 e. The zero-order valence-corrected chi connectivity index (χ0v) is 18.5. The van der Waals surface area contributed by atoms with Gasteiger partial charge >= 0.3 is 5.69 Å². The molecule has 33 heavy (non-hydrogen) atoms. The number of aliphatic hydroxyl groups is 1. The number of pyridine rings is 1. The number of nitrogens with zero attached hydrogens (tertiary/aromatic N) is 5. The summed E-state index contributed by atoms with van der Waals surface area (Å²) < 4.78 is 8.52. The second kappa shape index (κ2) is 9.36. The van der Waals surface area contributed by atoms with E-state index in [1.807, 2.05) is 0 Å². The van der Waals surface area contributed by atoms with Crippen molar-refractivity contribution in [1.82, 2.24) is 14.1 Å². The van der Waals surface area contributed by atoms with Crippen LogP contribution in [0.15, 0.2) is 52.2 Å². The normalized spacial score (nSPS) is 14.5. The molecule has 0 amide bonds. The van der Waals surface area contributed by atoms with E-state index in [4.69, 9.17) is 16.3 Å². The van der Waals surface area contributed by atoms with Crippen LogP contribution in [0.1, 0.15) is 17.7 Å². The number of hydrogen-bond acceptors (Lipinski definition) is 8. The number of anilines is 2. The van der Waals surface area contributed by atoms with Crippen LogP contribution in [0, 0.1) is 11.3 Å². The van der Waals surface area contributed by atoms with Gasteiger partial charge in [-0.2, -0.15) is 5.26 Å². The van der Waals surface area contributed by atoms with E-state index in [1.165, 1.54) is 10.8 Å². The largest absolute Gasteiger partial charge is 0.452 e. The van der Waals surface area contributed by atoms with Gasteiger partial charge in [-0.3, -0.25) is 18.9 Å². The molecule has 170 valence electrons. The van der Waals surface area contributed by atoms with Gasteiger partial charge in [0.1, 0.15) is 17.3 Å². The molecule has 0 saturated carbocycles. The van der Waals surface area contributed by atoms with E-state index >= 15 is 0 Å². The molecule has 0 aliphatic carbocycles. The molecule has 0 bridgehead atoms. The standard InChI is InChI=1S/C22H21ClN6O4/c1-27-19-18(20(31)28(22(27)32)8-3-9-30)29(13-16-7-6-15(23)12-25-16)21(26-19)33-17-5-2-4-14(10-17)11-24/h2,4-7,10,12,21,26,30H,3,8-9,13H2,1H3. The topological polar surface area (TPSA) is 125 Å². The van der Waals surface area contributed by atoms with E-state index in [-0.39, 0.29) is 31.8 Å². The molecule has 3 aromatic rings. The van der Waals surface area contributed by atoms with Crippen LogP contribution in [-0.4, -0.2) is 32.2 Å². The third-order valence-corrected chi connectivity index (χ3v) is 5.45. The van der Waals surface area contributed by atoms with Gasteiger partial charge in [-0.25, -0.2) is 4.79 Å². The van der Waals surface area contributed by atoms with Crippen molar-refractivity contribution < 1.29 is 9.84 Å². The highest BCUT2D eigenvalue weighted by Crippen LogP contribution is 2.32. The second-order valence-electron chi connectivity index (χ2n) is 7.42. The minimum atomic E-state index is -0.849. The van der Waals surface area contributed by atoms with Crippen molar-refractivity contribution in [1.29, 1.82) is 5.26 Å². The Labute approximate surface area is 193 Å². The minimum Gasteiger partial charge on any atom is -0.452 e. The summed E-state index contributed by atoms with van der Waals surface area (Å²) in [6.45, 7) is 0.121. The molecule has 10 nitrogen and oxygen atoms in total. The molecule has 3 heterocycles. The van der Waals surface area contributed by atoms with Gasteiger partial charge in [0.25, 0.3) is 11.9 Å². The van der Waals surface area contributed by atoms with Gasteiger partial charge in [0, 0.05) is 26.4 Å². The molecule has 0 saturated heterocycles. The lowest BCUT2D eigenvalue weighted by molar-refractivity contribution is 0.227. The van der Waals surface area contributed by atoms with Crippen LogP contribution in [0.3, 0.4) is 0 Å². The quantitative estimate of drug-likeness (QED) is 0.536. The Hall–Kier alpha value is -3.81. The van der Waals surface area contributed by atoms with Crippen molar-refractivity contribution in [3.05, 3.63) is 79.7 Å². The predicted molar refractivity (Wildman–Crippen MR) is 122 cm³/mol. The fourth-order valence-corrected chi connectivity index (χ4v) is 3.72. The van der Waals surface area contributed by atoms with Crippen LogP contribution in [0.25, 0.3) is 0 Å². The summed E-state index contributed by atoms with van der Waals surface area (Å²) >= 11 is 5.96. The monoisotopic (exact) mass is 468 g/mol. The third kappa shape index (κ3) is 4.41. The lowest BCUT2D eigenvalue weighted by Gasteiger charge is -2.26. The number of halogens is 1. The first-order valence-electron chi connectivity index (χ1n) is 10.2. The van der Waals surface area contributed by atoms with E-state index in [0.717, 1.165) is 4.57 Å². The number of nitriles is 1. The highest BCUT2D eigenvalue weighted by atomic mass is 35.5. The van der Waals surface area contributed by atoms with Gasteiger partial charge in [-0.15, -0.1) is 0 Å². The van der Waals surface area contributed by atoms with E-state index in [0.29, 0.717) is 27.8 Å². The molecule has 11 heteroatoms. The lowest BCUT2D eigenvalue weighted by Crippen LogP contribution is -2.43. The summed E-state index contributed by atoms with van der Waals surface area (Å²) in [6, 6.07) is 12.1. The Morgan fingerprint density at radius 2 is 2.12 bits per heavy atom. The fraction of sp³-hybridized carbons (Fsp3) is 0.273. The van der Waals surface area contributed by atoms with Gasteiger partial charge in [-0.1, -0.05) is 17.7 Å². The first kappa shape index (κ1) is 22.4. The van der Waals surface area contributed by atoms with E-state index in [1.54, 1.807) is 48.3 Å². The van der Waals surface area contributed by atoms with Crippen LogP contribution in [0.2, 0.25) is 5.02 Å². The minimum absolute atomic E-state index is 0.0814. The summed E-state index contributed by atoms with van der Waals surface area (Å²) in [5.74, 6) is 0.722. The van der Waals surface area contributed by atoms with Crippen molar-refractivity contribution in [3.63, 3.8) is 0 Å². The van der Waals surface area contributed by atoms with Crippen LogP contribution in [-0.2, 0) is 20.1 Å². The Balaban J connectivity index is 1.79. The van der Waals surface area contributed by atoms with Crippen molar-refractivity contribution in [3.8, 4) is 11.8 Å². The van der Waals surface area contributed by atoms with Crippen LogP contribution in [0.4, 0.5) is 11.5 Å². The zero-order chi connectivity index (χ0) is 23.5. The van der Waals surface area contributed by atoms with E-state index in [2.05, 4.69) is 16.4 Å². The molecule has 4 rings (SSSR count). The molecular weight excluding hydrogens is 448 g/mol. The summed E-state index contributed by atoms with van der Waals surface area (Å²) in [7, 11) is 1.56. The Morgan fingerprint density at radius 1 is 1.30 bits per heavy atom. The van der Waals surface area contributed by atoms with Crippen molar-refractivity contribution in [2.75, 3.05) is 16.8 Å². The van der Waals surface area contributed by atoms with Crippen molar-refractivity contribution in [2.45, 2.75) is 25.9 Å². The molecule has 2 N–H and O–H groups in total. The number of aliphatic hydroxyl groups excluding tert-OH is 1. The Kier molecular flexibility index (Phi) is 6.35. The van der Waals surface area contributed by atoms with E-state index < -0.39 is 17.6 Å². The number of ether oxygens (including phenoxy) is 1. The van der Waals surface area contributed by atoms with Gasteiger partial charge in [-0.05, 0) is 36.8 Å². The number of benzene rings is 1. The van der Waals surface area contributed by atoms with Crippen molar-refractivity contribution in [2.24, 2.45) is 7.05 Å². The van der Waals surface area contributed by atoms with Gasteiger partial charge < -0.3 is 20.1 Å². The summed E-state index contributed by atoms with van der Waals surface area (Å²) in [4.78, 5) is 32.1. The highest BCUT2D eigenvalue weighted by molar-refractivity contribution is 6.30. The average molecular weight is 469 g/mol. The van der Waals surface area contributed by atoms with Crippen LogP contribution >= 0.6 is 11.6 Å². The molecule has 2 aromatic heterocycles. The lowest BCUT2D eigenvalue weighted by atomic mass is 10.2. The SMILES string of the molecule is Cn1c2c(c(=O)n(CCCO)c1=O)N(Cc1ccc(Cl)cn1)C(Oc1cccc(C#N)c1)N2. The first-order valence-corrected chi connectivity index (χ1v) is 10.6. The van der Waals surface area contributed by atoms with Gasteiger partial charge in [0.05, 0.1) is 28.9 Å². The van der Waals surface area contributed by atoms with Crippen molar-refractivity contribution >= 4 is 23.1 Å². The number of aromatic nitrogens is 3. The fourth-order valence-electron chi connectivity index (χ4n) is 3.61. The number of rotatable bonds is 7. The number of fused-ring (bicyclic) bond motifs is 1. The molecule has 1 aromatic carbocycles. The number of hydrogen-bond donors (Lipinski definition) is 2. The zero-order valence-electron chi connectivity index (χ0n) is 17.7. The molecule has 1 unspecified atom stereocenters. The molecule has 0 fully saturated rings. The van der Waals surface area contributed by atoms with Gasteiger partial charge in [0.2, 0.25) is 0 Å². The molecule has 0 radical (unpaired) electrons. The molecule has 1 aliphatic rings. The first-order chi connectivity index (χ1) is 15.9. The molecule has 1 aliphatic heterocycles. The highest BCUT2D eigenvalue weighted by Gasteiger charge is 2.36. The maximum absolute atomic E-state index is 13.3. The maximum Gasteiger partial charge on any atom is 0.332 e. The molecule has 0 spiro atoms. The summed E-state index contributed by atoms with van der Waals surface area (Å²) in [5.41, 5.74) is 0.292. The predicted octanol–water partition coefficient (Wildman–Crippen LogP) is 1.64. The molecular formula is C22H21ClN6O4. The van der Waals surface area contributed by atoms with Gasteiger partial charge in [0.15, 0.2) is 0 Å². The van der Waals surface area contributed by atoms with E-state index in [9.17, 15) is 20.0 Å². The second-order valence-corrected chi connectivity index (χ2v) is 7.86. The maximum atomic E-state index is 13.3. The third-order valence-electron chi connectivity index (χ3n) is 5.23. The van der Waals surface area contributed by atoms with Crippen LogP contribution in [0.5, 0.6) is 5.75 Å². The summed E-state index contributed by atoms with van der Waals surface area (Å²) in [5, 5.41) is 22.0. The van der Waals surface area contributed by atoms with Crippen LogP contribution < -0.4 is 26.2 Å². The average Bonchev–Trinajstić information content (AvgIpc) is 3.17. The molecule has 1 atom stereocenters. The summed E-state index contributed by atoms with van der Waals surface area (Å²) in [6.07, 6.45) is 0.924. The Morgan fingerprint density at radius 3 is 2.82 bits per heavy atom. The Bertz CT molecular complexity index is 1330.